The minimum atomic E-state index is 0.615. The van der Waals surface area contributed by atoms with E-state index in [1.54, 1.807) is 19.4 Å². The van der Waals surface area contributed by atoms with Crippen LogP contribution in [0.25, 0.3) is 0 Å². The molecule has 1 aliphatic rings. The molecule has 0 aromatic carbocycles. The maximum Gasteiger partial charge on any atom is 0.171 e. The van der Waals surface area contributed by atoms with Crippen LogP contribution in [0.3, 0.4) is 0 Å². The van der Waals surface area contributed by atoms with Crippen LogP contribution in [0.15, 0.2) is 12.3 Å². The van der Waals surface area contributed by atoms with Gasteiger partial charge >= 0.3 is 0 Å². The lowest BCUT2D eigenvalue weighted by Gasteiger charge is -2.28. The summed E-state index contributed by atoms with van der Waals surface area (Å²) in [5.41, 5.74) is 0.615. The third kappa shape index (κ3) is 2.23. The Bertz CT molecular complexity index is 340. The third-order valence-electron chi connectivity index (χ3n) is 2.38. The zero-order chi connectivity index (χ0) is 10.7. The van der Waals surface area contributed by atoms with Gasteiger partial charge in [0, 0.05) is 19.3 Å². The molecule has 1 aromatic rings. The molecular formula is C10H13BN2O2. The molecule has 0 bridgehead atoms. The Kier molecular flexibility index (Phi) is 3.11. The summed E-state index contributed by atoms with van der Waals surface area (Å²) >= 11 is 0. The summed E-state index contributed by atoms with van der Waals surface area (Å²) in [5, 5.41) is 0. The third-order valence-corrected chi connectivity index (χ3v) is 2.38. The van der Waals surface area contributed by atoms with Gasteiger partial charge in [-0.3, -0.25) is 0 Å². The standard InChI is InChI=1S/C10H13BN2O2/c1-14-9-6-8(11)7-12-10(9)13-2-4-15-5-3-13/h6-7H,2-5H2,1H3. The fraction of sp³-hybridized carbons (Fsp3) is 0.500. The van der Waals surface area contributed by atoms with Crippen LogP contribution in [0.2, 0.25) is 0 Å². The number of pyridine rings is 1. The molecular weight excluding hydrogens is 191 g/mol. The SMILES string of the molecule is [B]c1cnc(N2CCOCC2)c(OC)c1. The second-order valence-electron chi connectivity index (χ2n) is 3.39. The van der Waals surface area contributed by atoms with Gasteiger partial charge in [-0.05, 0) is 6.07 Å². The van der Waals surface area contributed by atoms with E-state index in [0.29, 0.717) is 5.46 Å². The molecule has 1 fully saturated rings. The van der Waals surface area contributed by atoms with E-state index in [1.807, 2.05) is 0 Å². The number of methoxy groups -OCH3 is 1. The average Bonchev–Trinajstić information content (AvgIpc) is 2.30. The van der Waals surface area contributed by atoms with E-state index >= 15 is 0 Å². The average molecular weight is 204 g/mol. The fourth-order valence-corrected chi connectivity index (χ4v) is 1.62. The highest BCUT2D eigenvalue weighted by Gasteiger charge is 2.16. The monoisotopic (exact) mass is 204 g/mol. The number of hydrogen-bond donors (Lipinski definition) is 0. The van der Waals surface area contributed by atoms with Crippen molar-refractivity contribution in [1.29, 1.82) is 0 Å². The van der Waals surface area contributed by atoms with Crippen molar-refractivity contribution in [1.82, 2.24) is 4.98 Å². The van der Waals surface area contributed by atoms with Gasteiger partial charge in [0.15, 0.2) is 11.6 Å². The molecule has 0 aliphatic carbocycles. The lowest BCUT2D eigenvalue weighted by Crippen LogP contribution is -2.37. The Balaban J connectivity index is 2.25. The molecule has 1 aliphatic heterocycles. The van der Waals surface area contributed by atoms with Crippen molar-refractivity contribution >= 4 is 19.1 Å². The summed E-state index contributed by atoms with van der Waals surface area (Å²) in [4.78, 5) is 6.43. The van der Waals surface area contributed by atoms with Crippen LogP contribution in [0, 0.1) is 0 Å². The quantitative estimate of drug-likeness (QED) is 0.620. The van der Waals surface area contributed by atoms with Crippen molar-refractivity contribution in [2.45, 2.75) is 0 Å². The molecule has 15 heavy (non-hydrogen) atoms. The number of morpholine rings is 1. The van der Waals surface area contributed by atoms with E-state index in [4.69, 9.17) is 17.3 Å². The topological polar surface area (TPSA) is 34.6 Å². The van der Waals surface area contributed by atoms with Gasteiger partial charge in [0.05, 0.1) is 20.3 Å². The zero-order valence-corrected chi connectivity index (χ0v) is 8.77. The number of anilines is 1. The first-order chi connectivity index (χ1) is 7.31. The zero-order valence-electron chi connectivity index (χ0n) is 8.77. The lowest BCUT2D eigenvalue weighted by molar-refractivity contribution is 0.122. The number of aromatic nitrogens is 1. The van der Waals surface area contributed by atoms with Crippen LogP contribution >= 0.6 is 0 Å². The van der Waals surface area contributed by atoms with Gasteiger partial charge in [-0.2, -0.15) is 0 Å². The molecule has 0 amide bonds. The minimum absolute atomic E-state index is 0.615. The summed E-state index contributed by atoms with van der Waals surface area (Å²) in [7, 11) is 7.27. The maximum absolute atomic E-state index is 5.65. The van der Waals surface area contributed by atoms with Gasteiger partial charge in [-0.15, -0.1) is 0 Å². The molecule has 0 atom stereocenters. The Morgan fingerprint density at radius 3 is 2.87 bits per heavy atom. The minimum Gasteiger partial charge on any atom is -0.493 e. The predicted octanol–water partition coefficient (Wildman–Crippen LogP) is -0.279. The maximum atomic E-state index is 5.65. The molecule has 0 unspecified atom stereocenters. The van der Waals surface area contributed by atoms with E-state index in [1.165, 1.54) is 0 Å². The predicted molar refractivity (Wildman–Crippen MR) is 59.2 cm³/mol. The van der Waals surface area contributed by atoms with E-state index in [0.717, 1.165) is 37.9 Å². The van der Waals surface area contributed by atoms with Crippen LogP contribution < -0.4 is 15.1 Å². The van der Waals surface area contributed by atoms with E-state index < -0.39 is 0 Å². The molecule has 2 radical (unpaired) electrons. The van der Waals surface area contributed by atoms with Gasteiger partial charge in [0.25, 0.3) is 0 Å². The van der Waals surface area contributed by atoms with Crippen molar-refractivity contribution in [3.8, 4) is 5.75 Å². The first-order valence-corrected chi connectivity index (χ1v) is 4.93. The van der Waals surface area contributed by atoms with E-state index in [9.17, 15) is 0 Å². The Morgan fingerprint density at radius 1 is 1.47 bits per heavy atom. The molecule has 1 aromatic heterocycles. The molecule has 78 valence electrons. The summed E-state index contributed by atoms with van der Waals surface area (Å²) in [5.74, 6) is 1.56. The van der Waals surface area contributed by atoms with E-state index in [-0.39, 0.29) is 0 Å². The molecule has 0 spiro atoms. The van der Waals surface area contributed by atoms with Gasteiger partial charge in [-0.25, -0.2) is 4.98 Å². The largest absolute Gasteiger partial charge is 0.493 e. The second-order valence-corrected chi connectivity index (χ2v) is 3.39. The summed E-state index contributed by atoms with van der Waals surface area (Å²) in [6, 6.07) is 1.79. The van der Waals surface area contributed by atoms with Crippen molar-refractivity contribution < 1.29 is 9.47 Å². The lowest BCUT2D eigenvalue weighted by atomic mass is 9.99. The Morgan fingerprint density at radius 2 is 2.20 bits per heavy atom. The molecule has 1 saturated heterocycles. The summed E-state index contributed by atoms with van der Waals surface area (Å²) in [6.45, 7) is 3.14. The van der Waals surface area contributed by atoms with E-state index in [2.05, 4.69) is 9.88 Å². The number of hydrogen-bond acceptors (Lipinski definition) is 4. The molecule has 0 N–H and O–H groups in total. The normalized spacial score (nSPS) is 16.5. The second kappa shape index (κ2) is 4.53. The van der Waals surface area contributed by atoms with Crippen molar-refractivity contribution in [3.63, 3.8) is 0 Å². The van der Waals surface area contributed by atoms with Crippen molar-refractivity contribution in [2.75, 3.05) is 38.3 Å². The highest BCUT2D eigenvalue weighted by atomic mass is 16.5. The summed E-state index contributed by atoms with van der Waals surface area (Å²) in [6.07, 6.45) is 1.65. The van der Waals surface area contributed by atoms with Gasteiger partial charge in [0.2, 0.25) is 0 Å². The highest BCUT2D eigenvalue weighted by Crippen LogP contribution is 2.24. The Hall–Kier alpha value is -1.23. The van der Waals surface area contributed by atoms with Crippen molar-refractivity contribution in [3.05, 3.63) is 12.3 Å². The van der Waals surface area contributed by atoms with Crippen LogP contribution in [0.1, 0.15) is 0 Å². The number of nitrogens with zero attached hydrogens (tertiary/aromatic N) is 2. The first kappa shape index (κ1) is 10.3. The van der Waals surface area contributed by atoms with Crippen molar-refractivity contribution in [2.24, 2.45) is 0 Å². The van der Waals surface area contributed by atoms with Crippen LogP contribution in [-0.4, -0.2) is 46.2 Å². The van der Waals surface area contributed by atoms with Crippen LogP contribution in [-0.2, 0) is 4.74 Å². The molecule has 5 heteroatoms. The van der Waals surface area contributed by atoms with Gasteiger partial charge in [0.1, 0.15) is 7.85 Å². The smallest absolute Gasteiger partial charge is 0.171 e. The number of rotatable bonds is 2. The molecule has 2 heterocycles. The Labute approximate surface area is 90.6 Å². The molecule has 0 saturated carbocycles. The summed E-state index contributed by atoms with van der Waals surface area (Å²) < 4.78 is 10.5. The molecule has 4 nitrogen and oxygen atoms in total. The van der Waals surface area contributed by atoms with Crippen LogP contribution in [0.4, 0.5) is 5.82 Å². The first-order valence-electron chi connectivity index (χ1n) is 4.93. The molecule has 2 rings (SSSR count). The van der Waals surface area contributed by atoms with Gasteiger partial charge < -0.3 is 14.4 Å². The highest BCUT2D eigenvalue weighted by molar-refractivity contribution is 6.32. The number of ether oxygens (including phenoxy) is 2. The van der Waals surface area contributed by atoms with Crippen LogP contribution in [0.5, 0.6) is 5.75 Å². The fourth-order valence-electron chi connectivity index (χ4n) is 1.62. The van der Waals surface area contributed by atoms with Gasteiger partial charge in [-0.1, -0.05) is 5.46 Å².